The van der Waals surface area contributed by atoms with Crippen molar-refractivity contribution in [3.05, 3.63) is 78.4 Å². The lowest BCUT2D eigenvalue weighted by atomic mass is 9.94. The van der Waals surface area contributed by atoms with Crippen molar-refractivity contribution in [3.8, 4) is 11.1 Å². The van der Waals surface area contributed by atoms with Gasteiger partial charge < -0.3 is 14.5 Å². The van der Waals surface area contributed by atoms with Crippen LogP contribution in [0.2, 0.25) is 0 Å². The lowest BCUT2D eigenvalue weighted by Crippen LogP contribution is -2.44. The molecule has 1 amide bonds. The van der Waals surface area contributed by atoms with Crippen LogP contribution in [-0.4, -0.2) is 54.1 Å². The van der Waals surface area contributed by atoms with Crippen LogP contribution in [0.25, 0.3) is 11.1 Å². The van der Waals surface area contributed by atoms with Crippen molar-refractivity contribution in [2.45, 2.75) is 31.9 Å². The summed E-state index contributed by atoms with van der Waals surface area (Å²) in [5.74, 6) is 0.0860. The van der Waals surface area contributed by atoms with E-state index < -0.39 is 0 Å². The number of aromatic nitrogens is 2. The summed E-state index contributed by atoms with van der Waals surface area (Å²) >= 11 is 0. The summed E-state index contributed by atoms with van der Waals surface area (Å²) in [5.41, 5.74) is 5.02. The van der Waals surface area contributed by atoms with Crippen molar-refractivity contribution < 1.29 is 9.53 Å². The summed E-state index contributed by atoms with van der Waals surface area (Å²) in [6.07, 6.45) is 6.78. The summed E-state index contributed by atoms with van der Waals surface area (Å²) in [7, 11) is 4.00. The van der Waals surface area contributed by atoms with Crippen LogP contribution < -0.4 is 4.90 Å². The molecule has 0 saturated carbocycles. The second-order valence-corrected chi connectivity index (χ2v) is 8.32. The third-order valence-electron chi connectivity index (χ3n) is 6.11. The Labute approximate surface area is 189 Å². The maximum absolute atomic E-state index is 13.3. The molecule has 166 valence electrons. The molecule has 0 radical (unpaired) electrons. The summed E-state index contributed by atoms with van der Waals surface area (Å²) in [5, 5.41) is 0. The molecule has 3 aromatic rings. The Morgan fingerprint density at radius 3 is 2.31 bits per heavy atom. The minimum Gasteiger partial charge on any atom is -0.378 e. The third-order valence-corrected chi connectivity index (χ3v) is 6.11. The van der Waals surface area contributed by atoms with E-state index in [1.165, 1.54) is 6.33 Å². The van der Waals surface area contributed by atoms with E-state index in [1.807, 2.05) is 67.5 Å². The van der Waals surface area contributed by atoms with Crippen LogP contribution in [0, 0.1) is 0 Å². The highest BCUT2D eigenvalue weighted by molar-refractivity contribution is 5.94. The van der Waals surface area contributed by atoms with Crippen molar-refractivity contribution in [1.29, 1.82) is 0 Å². The Bertz CT molecular complexity index is 1020. The minimum absolute atomic E-state index is 0.0206. The molecule has 6 heteroatoms. The second kappa shape index (κ2) is 9.92. The number of carbonyl (C=O) groups excluding carboxylic acids is 1. The molecule has 2 heterocycles. The highest BCUT2D eigenvalue weighted by Crippen LogP contribution is 2.32. The molecule has 0 spiro atoms. The Hall–Kier alpha value is -3.25. The van der Waals surface area contributed by atoms with E-state index in [4.69, 9.17) is 4.74 Å². The van der Waals surface area contributed by atoms with Gasteiger partial charge in [0.1, 0.15) is 6.33 Å². The van der Waals surface area contributed by atoms with Crippen LogP contribution in [0.4, 0.5) is 5.69 Å². The first-order valence-corrected chi connectivity index (χ1v) is 11.1. The molecule has 1 aromatic heterocycles. The van der Waals surface area contributed by atoms with Crippen LogP contribution in [-0.2, 0) is 4.74 Å². The molecular formula is C26H30N4O2. The standard InChI is InChI=1S/C26H30N4O2/c1-4-30(26(31)21-9-11-23(12-10-21)29(2)3)24-13-14-32-25(15-24)20-7-5-19(6-8-20)22-16-27-18-28-17-22/h5-12,16-18,24-25H,4,13-15H2,1-3H3/t24-,25+/m0/s1. The van der Waals surface area contributed by atoms with E-state index >= 15 is 0 Å². The summed E-state index contributed by atoms with van der Waals surface area (Å²) in [6, 6.07) is 16.3. The van der Waals surface area contributed by atoms with Crippen molar-refractivity contribution in [1.82, 2.24) is 14.9 Å². The minimum atomic E-state index is -0.0206. The molecule has 1 saturated heterocycles. The Kier molecular flexibility index (Phi) is 6.81. The zero-order valence-electron chi connectivity index (χ0n) is 18.9. The van der Waals surface area contributed by atoms with Gasteiger partial charge in [-0.15, -0.1) is 0 Å². The number of amides is 1. The van der Waals surface area contributed by atoms with Gasteiger partial charge in [-0.2, -0.15) is 0 Å². The van der Waals surface area contributed by atoms with Gasteiger partial charge in [0.2, 0.25) is 0 Å². The van der Waals surface area contributed by atoms with Gasteiger partial charge in [0, 0.05) is 62.5 Å². The smallest absolute Gasteiger partial charge is 0.254 e. The van der Waals surface area contributed by atoms with Crippen LogP contribution in [0.3, 0.4) is 0 Å². The highest BCUT2D eigenvalue weighted by Gasteiger charge is 2.30. The fourth-order valence-corrected chi connectivity index (χ4v) is 4.27. The van der Waals surface area contributed by atoms with E-state index in [9.17, 15) is 4.79 Å². The fourth-order valence-electron chi connectivity index (χ4n) is 4.27. The van der Waals surface area contributed by atoms with Gasteiger partial charge in [0.15, 0.2) is 0 Å². The molecule has 1 aliphatic rings. The molecule has 1 fully saturated rings. The average molecular weight is 431 g/mol. The van der Waals surface area contributed by atoms with E-state index in [0.29, 0.717) is 13.2 Å². The normalized spacial score (nSPS) is 18.2. The predicted molar refractivity (Wildman–Crippen MR) is 127 cm³/mol. The fraction of sp³-hybridized carbons (Fsp3) is 0.346. The van der Waals surface area contributed by atoms with Crippen LogP contribution in [0.5, 0.6) is 0 Å². The van der Waals surface area contributed by atoms with Crippen LogP contribution >= 0.6 is 0 Å². The number of hydrogen-bond acceptors (Lipinski definition) is 5. The van der Waals surface area contributed by atoms with Crippen molar-refractivity contribution in [2.75, 3.05) is 32.1 Å². The van der Waals surface area contributed by atoms with Gasteiger partial charge in [-0.25, -0.2) is 9.97 Å². The molecule has 4 rings (SSSR count). The first-order chi connectivity index (χ1) is 15.6. The second-order valence-electron chi connectivity index (χ2n) is 8.32. The zero-order valence-corrected chi connectivity index (χ0v) is 18.9. The lowest BCUT2D eigenvalue weighted by molar-refractivity contribution is -0.0231. The molecule has 0 unspecified atom stereocenters. The maximum atomic E-state index is 13.3. The van der Waals surface area contributed by atoms with Crippen molar-refractivity contribution in [3.63, 3.8) is 0 Å². The monoisotopic (exact) mass is 430 g/mol. The molecule has 0 bridgehead atoms. The molecule has 1 aliphatic heterocycles. The van der Waals surface area contributed by atoms with E-state index in [2.05, 4.69) is 34.2 Å². The van der Waals surface area contributed by atoms with Gasteiger partial charge in [-0.05, 0) is 55.2 Å². The molecule has 2 aromatic carbocycles. The SMILES string of the molecule is CCN(C(=O)c1ccc(N(C)C)cc1)[C@H]1CCO[C@@H](c2ccc(-c3cncnc3)cc2)C1. The number of anilines is 1. The Balaban J connectivity index is 1.46. The Morgan fingerprint density at radius 2 is 1.69 bits per heavy atom. The van der Waals surface area contributed by atoms with Crippen LogP contribution in [0.15, 0.2) is 67.3 Å². The van der Waals surface area contributed by atoms with Gasteiger partial charge in [-0.3, -0.25) is 4.79 Å². The highest BCUT2D eigenvalue weighted by atomic mass is 16.5. The zero-order chi connectivity index (χ0) is 22.5. The van der Waals surface area contributed by atoms with E-state index in [0.717, 1.165) is 40.8 Å². The van der Waals surface area contributed by atoms with Crippen molar-refractivity contribution >= 4 is 11.6 Å². The van der Waals surface area contributed by atoms with E-state index in [1.54, 1.807) is 0 Å². The average Bonchev–Trinajstić information content (AvgIpc) is 2.85. The number of benzene rings is 2. The number of nitrogens with zero attached hydrogens (tertiary/aromatic N) is 4. The molecule has 2 atom stereocenters. The quantitative estimate of drug-likeness (QED) is 0.572. The largest absolute Gasteiger partial charge is 0.378 e. The first kappa shape index (κ1) is 22.0. The van der Waals surface area contributed by atoms with Gasteiger partial charge in [0.25, 0.3) is 5.91 Å². The topological polar surface area (TPSA) is 58.6 Å². The summed E-state index contributed by atoms with van der Waals surface area (Å²) < 4.78 is 6.09. The molecule has 32 heavy (non-hydrogen) atoms. The van der Waals surface area contributed by atoms with Gasteiger partial charge >= 0.3 is 0 Å². The maximum Gasteiger partial charge on any atom is 0.254 e. The van der Waals surface area contributed by atoms with Crippen LogP contribution in [0.1, 0.15) is 41.8 Å². The Morgan fingerprint density at radius 1 is 1.00 bits per heavy atom. The molecule has 0 aliphatic carbocycles. The molecule has 0 N–H and O–H groups in total. The number of carbonyl (C=O) groups is 1. The summed E-state index contributed by atoms with van der Waals surface area (Å²) in [4.78, 5) is 25.5. The third kappa shape index (κ3) is 4.81. The lowest BCUT2D eigenvalue weighted by Gasteiger charge is -2.37. The summed E-state index contributed by atoms with van der Waals surface area (Å²) in [6.45, 7) is 3.37. The van der Waals surface area contributed by atoms with Gasteiger partial charge in [0.05, 0.1) is 6.10 Å². The number of hydrogen-bond donors (Lipinski definition) is 0. The number of rotatable bonds is 6. The molecular weight excluding hydrogens is 400 g/mol. The first-order valence-electron chi connectivity index (χ1n) is 11.1. The van der Waals surface area contributed by atoms with Crippen molar-refractivity contribution in [2.24, 2.45) is 0 Å². The van der Waals surface area contributed by atoms with E-state index in [-0.39, 0.29) is 18.1 Å². The molecule has 6 nitrogen and oxygen atoms in total. The predicted octanol–water partition coefficient (Wildman–Crippen LogP) is 4.59. The van der Waals surface area contributed by atoms with Gasteiger partial charge in [-0.1, -0.05) is 24.3 Å². The number of ether oxygens (including phenoxy) is 1.